The molecule has 0 bridgehead atoms. The van der Waals surface area contributed by atoms with E-state index in [1.807, 2.05) is 27.2 Å². The lowest BCUT2D eigenvalue weighted by molar-refractivity contribution is -0.870. The van der Waals surface area contributed by atoms with Gasteiger partial charge in [0.2, 0.25) is 5.91 Å². The fourth-order valence-electron chi connectivity index (χ4n) is 8.53. The summed E-state index contributed by atoms with van der Waals surface area (Å²) in [5.41, 5.74) is 0. The van der Waals surface area contributed by atoms with Gasteiger partial charge in [-0.1, -0.05) is 269 Å². The van der Waals surface area contributed by atoms with E-state index in [1.165, 1.54) is 109 Å². The molecular weight excluding hydrogens is 1010 g/mol. The molecule has 9 heteroatoms. The lowest BCUT2D eigenvalue weighted by Crippen LogP contribution is -2.45. The highest BCUT2D eigenvalue weighted by Crippen LogP contribution is 2.38. The lowest BCUT2D eigenvalue weighted by Gasteiger charge is -2.29. The zero-order valence-electron chi connectivity index (χ0n) is 52.0. The van der Waals surface area contributed by atoms with Gasteiger partial charge in [0.05, 0.1) is 39.9 Å². The Bertz CT molecular complexity index is 1810. The second-order valence-electron chi connectivity index (χ2n) is 22.4. The van der Waals surface area contributed by atoms with Crippen molar-refractivity contribution in [3.05, 3.63) is 146 Å². The summed E-state index contributed by atoms with van der Waals surface area (Å²) in [7, 11) is 1.21. The van der Waals surface area contributed by atoms with Crippen molar-refractivity contribution in [1.29, 1.82) is 0 Å². The van der Waals surface area contributed by atoms with E-state index >= 15 is 0 Å². The highest BCUT2D eigenvalue weighted by atomic mass is 31.2. The van der Waals surface area contributed by atoms with Crippen molar-refractivity contribution in [2.75, 3.05) is 40.9 Å². The predicted molar refractivity (Wildman–Crippen MR) is 348 cm³/mol. The summed E-state index contributed by atoms with van der Waals surface area (Å²) in [5, 5.41) is 13.9. The minimum Gasteiger partial charge on any atom is -0.756 e. The lowest BCUT2D eigenvalue weighted by atomic mass is 10.0. The number of phosphoric ester groups is 1. The SMILES string of the molecule is CC/C=C\C/C=C\C/C=C\C/C=C\C/C=C\C/C=C\C/C=C\C/C=C\C/C=C\CCCCCCCCCC(=O)NC(COP(=O)([O-])OCC[N+](C)(C)C)C(O)/C=C/CC/C=C/CC/C=C/CCCCCCCCCCCCCCC. The molecule has 0 aliphatic rings. The van der Waals surface area contributed by atoms with Crippen LogP contribution >= 0.6 is 7.82 Å². The number of allylic oxidation sites excluding steroid dienone is 23. The number of nitrogens with one attached hydrogen (secondary N) is 1. The van der Waals surface area contributed by atoms with Crippen LogP contribution < -0.4 is 10.2 Å². The fourth-order valence-corrected chi connectivity index (χ4v) is 9.25. The third-order valence-electron chi connectivity index (χ3n) is 13.5. The van der Waals surface area contributed by atoms with Crippen LogP contribution in [0.3, 0.4) is 0 Å². The molecule has 0 aromatic rings. The van der Waals surface area contributed by atoms with Crippen LogP contribution in [0.5, 0.6) is 0 Å². The monoisotopic (exact) mass is 1130 g/mol. The first-order valence-electron chi connectivity index (χ1n) is 32.2. The number of carbonyl (C=O) groups excluding carboxylic acids is 1. The van der Waals surface area contributed by atoms with Crippen LogP contribution in [0.15, 0.2) is 146 Å². The van der Waals surface area contributed by atoms with Crippen molar-refractivity contribution in [2.24, 2.45) is 0 Å². The third kappa shape index (κ3) is 62.0. The average Bonchev–Trinajstić information content (AvgIpc) is 3.42. The second kappa shape index (κ2) is 60.0. The maximum Gasteiger partial charge on any atom is 0.268 e. The first-order chi connectivity index (χ1) is 39.0. The van der Waals surface area contributed by atoms with Gasteiger partial charge in [0, 0.05) is 6.42 Å². The van der Waals surface area contributed by atoms with Crippen molar-refractivity contribution in [2.45, 2.75) is 257 Å². The zero-order valence-corrected chi connectivity index (χ0v) is 52.9. The minimum absolute atomic E-state index is 0.0191. The normalized spacial score (nSPS) is 14.7. The van der Waals surface area contributed by atoms with Crippen molar-refractivity contribution in [1.82, 2.24) is 5.32 Å². The molecule has 0 aromatic heterocycles. The molecule has 456 valence electrons. The fraction of sp³-hybridized carbons (Fsp3) is 0.648. The van der Waals surface area contributed by atoms with Crippen LogP contribution in [0, 0.1) is 0 Å². The quantitative estimate of drug-likeness (QED) is 0.0272. The van der Waals surface area contributed by atoms with Gasteiger partial charge in [-0.2, -0.15) is 0 Å². The van der Waals surface area contributed by atoms with Crippen LogP contribution in [0.1, 0.15) is 245 Å². The maximum absolute atomic E-state index is 13.0. The molecule has 0 rings (SSSR count). The minimum atomic E-state index is -4.63. The molecule has 0 aromatic carbocycles. The third-order valence-corrected chi connectivity index (χ3v) is 14.5. The van der Waals surface area contributed by atoms with Crippen LogP contribution in [0.4, 0.5) is 0 Å². The molecular formula is C71H121N2O6P. The second-order valence-corrected chi connectivity index (χ2v) is 23.8. The molecule has 0 aliphatic carbocycles. The average molecular weight is 1130 g/mol. The number of rotatable bonds is 57. The van der Waals surface area contributed by atoms with Crippen molar-refractivity contribution >= 4 is 13.7 Å². The summed E-state index contributed by atoms with van der Waals surface area (Å²) in [5.74, 6) is -0.228. The summed E-state index contributed by atoms with van der Waals surface area (Å²) in [6.45, 7) is 4.49. The van der Waals surface area contributed by atoms with Gasteiger partial charge < -0.3 is 28.8 Å². The summed E-state index contributed by atoms with van der Waals surface area (Å²) in [4.78, 5) is 25.6. The Morgan fingerprint density at radius 2 is 0.775 bits per heavy atom. The number of phosphoric acid groups is 1. The van der Waals surface area contributed by atoms with Gasteiger partial charge in [-0.05, 0) is 116 Å². The Kier molecular flexibility index (Phi) is 57.3. The molecule has 0 saturated carbocycles. The number of carbonyl (C=O) groups is 1. The van der Waals surface area contributed by atoms with Crippen molar-refractivity contribution < 1.29 is 32.9 Å². The van der Waals surface area contributed by atoms with E-state index in [1.54, 1.807) is 6.08 Å². The summed E-state index contributed by atoms with van der Waals surface area (Å²) >= 11 is 0. The Morgan fingerprint density at radius 1 is 0.450 bits per heavy atom. The molecule has 0 aliphatic heterocycles. The molecule has 0 radical (unpaired) electrons. The highest BCUT2D eigenvalue weighted by molar-refractivity contribution is 7.45. The first-order valence-corrected chi connectivity index (χ1v) is 33.7. The van der Waals surface area contributed by atoms with Gasteiger partial charge >= 0.3 is 0 Å². The Hall–Kier alpha value is -3.62. The van der Waals surface area contributed by atoms with E-state index in [4.69, 9.17) is 9.05 Å². The molecule has 3 unspecified atom stereocenters. The van der Waals surface area contributed by atoms with Crippen LogP contribution in [0.25, 0.3) is 0 Å². The molecule has 0 saturated heterocycles. The number of quaternary nitrogens is 1. The van der Waals surface area contributed by atoms with Crippen LogP contribution in [-0.2, 0) is 18.4 Å². The molecule has 2 N–H and O–H groups in total. The molecule has 1 amide bonds. The Balaban J connectivity index is 4.28. The van der Waals surface area contributed by atoms with Gasteiger partial charge in [-0.3, -0.25) is 9.36 Å². The molecule has 3 atom stereocenters. The zero-order chi connectivity index (χ0) is 58.4. The molecule has 0 heterocycles. The van der Waals surface area contributed by atoms with Crippen molar-refractivity contribution in [3.8, 4) is 0 Å². The predicted octanol–water partition coefficient (Wildman–Crippen LogP) is 19.8. The molecule has 0 fully saturated rings. The standard InChI is InChI=1S/C71H121N2O6P/c1-6-8-10-12-14-16-18-20-22-24-26-28-30-31-32-33-34-35-36-37-38-39-40-41-43-45-47-49-51-53-55-57-59-61-63-65-71(75)72-69(68-79-80(76,77)78-67-66-73(3,4)5)70(74)64-62-60-58-56-54-52-50-48-46-44-42-29-27-25-23-21-19-17-15-13-11-9-7-2/h8,10,14,16,20,22,26,28,31-32,34-35,37-38,40-41,45-48,54,56,62,64,69-70,74H,6-7,9,11-13,15,17-19,21,23-25,27,29-30,33,36,39,42-44,49-53,55,57-61,63,65-68H2,1-5H3,(H-,72,75,76,77)/b10-8-,16-14-,22-20-,28-26-,32-31-,35-34-,38-37-,41-40-,47-45-,48-46+,56-54+,64-62+. The van der Waals surface area contributed by atoms with Crippen LogP contribution in [-0.4, -0.2) is 68.5 Å². The molecule has 8 nitrogen and oxygen atoms in total. The smallest absolute Gasteiger partial charge is 0.268 e. The van der Waals surface area contributed by atoms with E-state index < -0.39 is 26.6 Å². The number of nitrogens with zero attached hydrogens (tertiary/aromatic N) is 1. The first kappa shape index (κ1) is 76.4. The van der Waals surface area contributed by atoms with Gasteiger partial charge in [0.25, 0.3) is 7.82 Å². The summed E-state index contributed by atoms with van der Waals surface area (Å²) in [6.07, 6.45) is 92.3. The Morgan fingerprint density at radius 3 is 1.16 bits per heavy atom. The van der Waals surface area contributed by atoms with E-state index in [9.17, 15) is 19.4 Å². The van der Waals surface area contributed by atoms with Gasteiger partial charge in [0.15, 0.2) is 0 Å². The number of hydrogen-bond donors (Lipinski definition) is 2. The number of aliphatic hydroxyl groups is 1. The Labute approximate surface area is 493 Å². The van der Waals surface area contributed by atoms with E-state index in [0.29, 0.717) is 17.4 Å². The van der Waals surface area contributed by atoms with E-state index in [0.717, 1.165) is 116 Å². The van der Waals surface area contributed by atoms with Gasteiger partial charge in [0.1, 0.15) is 13.2 Å². The van der Waals surface area contributed by atoms with Crippen molar-refractivity contribution in [3.63, 3.8) is 0 Å². The van der Waals surface area contributed by atoms with E-state index in [2.05, 4.69) is 153 Å². The number of aliphatic hydroxyl groups excluding tert-OH is 1. The van der Waals surface area contributed by atoms with E-state index in [-0.39, 0.29) is 12.5 Å². The number of likely N-dealkylation sites (N-methyl/N-ethyl adjacent to an activating group) is 1. The van der Waals surface area contributed by atoms with Crippen LogP contribution in [0.2, 0.25) is 0 Å². The topological polar surface area (TPSA) is 108 Å². The van der Waals surface area contributed by atoms with Gasteiger partial charge in [-0.15, -0.1) is 0 Å². The van der Waals surface area contributed by atoms with Gasteiger partial charge in [-0.25, -0.2) is 0 Å². The molecule has 80 heavy (non-hydrogen) atoms. The summed E-state index contributed by atoms with van der Waals surface area (Å²) in [6, 6.07) is -0.928. The number of hydrogen-bond acceptors (Lipinski definition) is 6. The highest BCUT2D eigenvalue weighted by Gasteiger charge is 2.23. The maximum atomic E-state index is 13.0. The number of unbranched alkanes of at least 4 members (excludes halogenated alkanes) is 22. The number of amides is 1. The summed E-state index contributed by atoms with van der Waals surface area (Å²) < 4.78 is 23.4. The molecule has 0 spiro atoms. The largest absolute Gasteiger partial charge is 0.756 e.